The van der Waals surface area contributed by atoms with E-state index < -0.39 is 5.97 Å². The summed E-state index contributed by atoms with van der Waals surface area (Å²) >= 11 is 6.28. The average molecular weight is 402 g/mol. The highest BCUT2D eigenvalue weighted by molar-refractivity contribution is 6.32. The molecule has 6 heteroatoms. The molecule has 0 radical (unpaired) electrons. The van der Waals surface area contributed by atoms with E-state index >= 15 is 0 Å². The summed E-state index contributed by atoms with van der Waals surface area (Å²) in [5, 5.41) is 25.8. The minimum Gasteiger partial charge on any atom is -0.478 e. The molecule has 2 atom stereocenters. The van der Waals surface area contributed by atoms with Crippen molar-refractivity contribution in [1.82, 2.24) is 0 Å². The van der Waals surface area contributed by atoms with E-state index in [4.69, 9.17) is 22.0 Å². The molecule has 2 aromatic carbocycles. The Hall–Kier alpha value is -3.36. The van der Waals surface area contributed by atoms with Crippen LogP contribution in [0.2, 0.25) is 5.02 Å². The first-order chi connectivity index (χ1) is 14.1. The van der Waals surface area contributed by atoms with Crippen LogP contribution in [0.3, 0.4) is 0 Å². The first-order valence-corrected chi connectivity index (χ1v) is 9.77. The number of halogens is 1. The number of aryl methyl sites for hydroxylation is 1. The summed E-state index contributed by atoms with van der Waals surface area (Å²) in [6, 6.07) is 12.8. The number of carboxylic acids is 1. The Morgan fingerprint density at radius 2 is 2.10 bits per heavy atom. The molecule has 2 aromatic rings. The number of anilines is 1. The number of allylic oxidation sites excluding steroid dienone is 2. The van der Waals surface area contributed by atoms with Gasteiger partial charge in [0, 0.05) is 11.5 Å². The second-order valence-corrected chi connectivity index (χ2v) is 7.81. The molecular weight excluding hydrogens is 386 g/mol. The number of nitrogens with zero attached hydrogens (tertiary/aromatic N) is 3. The molecule has 5 rings (SSSR count). The van der Waals surface area contributed by atoms with Crippen LogP contribution < -0.4 is 5.01 Å². The highest BCUT2D eigenvalue weighted by atomic mass is 35.5. The van der Waals surface area contributed by atoms with Gasteiger partial charge >= 0.3 is 5.97 Å². The summed E-state index contributed by atoms with van der Waals surface area (Å²) in [4.78, 5) is 11.3. The van der Waals surface area contributed by atoms with Crippen molar-refractivity contribution in [2.24, 2.45) is 11.0 Å². The molecule has 2 unspecified atom stereocenters. The molecule has 1 aliphatic heterocycles. The van der Waals surface area contributed by atoms with Crippen LogP contribution >= 0.6 is 11.6 Å². The molecule has 1 N–H and O–H groups in total. The predicted octanol–water partition coefficient (Wildman–Crippen LogP) is 4.56. The fourth-order valence-electron chi connectivity index (χ4n) is 4.35. The van der Waals surface area contributed by atoms with E-state index in [1.165, 1.54) is 5.57 Å². The minimum absolute atomic E-state index is 0.0614. The standard InChI is InChI=1S/C23H16ClN3O2/c24-20-11-17(7-4-16(20)12-25)27-22(13-2-1-3-13)19-9-5-14-10-15(23(28)29)6-8-18(14)21(19)26-27/h1-4,6-8,10-11,19,22H,5,9H2,(H,28,29). The lowest BCUT2D eigenvalue weighted by molar-refractivity contribution is 0.0696. The van der Waals surface area contributed by atoms with Crippen molar-refractivity contribution in [3.8, 4) is 6.07 Å². The van der Waals surface area contributed by atoms with E-state index in [9.17, 15) is 9.90 Å². The van der Waals surface area contributed by atoms with E-state index in [2.05, 4.69) is 18.2 Å². The molecule has 142 valence electrons. The number of nitriles is 1. The zero-order valence-electron chi connectivity index (χ0n) is 15.3. The maximum Gasteiger partial charge on any atom is 0.335 e. The summed E-state index contributed by atoms with van der Waals surface area (Å²) in [5.74, 6) is -0.705. The van der Waals surface area contributed by atoms with E-state index in [0.29, 0.717) is 16.1 Å². The molecule has 0 spiro atoms. The lowest BCUT2D eigenvalue weighted by Crippen LogP contribution is -2.37. The van der Waals surface area contributed by atoms with Gasteiger partial charge in [0.15, 0.2) is 0 Å². The average Bonchev–Trinajstić information content (AvgIpc) is 3.05. The first-order valence-electron chi connectivity index (χ1n) is 9.39. The maximum absolute atomic E-state index is 11.3. The van der Waals surface area contributed by atoms with Gasteiger partial charge in [0.25, 0.3) is 0 Å². The van der Waals surface area contributed by atoms with Gasteiger partial charge in [-0.05, 0) is 54.3 Å². The number of carboxylic acid groups (broad SMARTS) is 1. The van der Waals surface area contributed by atoms with E-state index in [1.807, 2.05) is 23.2 Å². The van der Waals surface area contributed by atoms with Gasteiger partial charge in [-0.2, -0.15) is 10.4 Å². The normalized spacial score (nSPS) is 21.4. The molecule has 29 heavy (non-hydrogen) atoms. The number of rotatable bonds is 3. The minimum atomic E-state index is -0.917. The maximum atomic E-state index is 11.3. The van der Waals surface area contributed by atoms with Crippen molar-refractivity contribution in [3.05, 3.63) is 87.5 Å². The Bertz CT molecular complexity index is 1190. The number of carbonyl (C=O) groups is 1. The first kappa shape index (κ1) is 17.7. The fourth-order valence-corrected chi connectivity index (χ4v) is 4.57. The zero-order chi connectivity index (χ0) is 20.1. The molecule has 0 aromatic heterocycles. The Balaban J connectivity index is 1.60. The zero-order valence-corrected chi connectivity index (χ0v) is 16.1. The van der Waals surface area contributed by atoms with E-state index in [1.54, 1.807) is 24.3 Å². The number of aromatic carboxylic acids is 1. The van der Waals surface area contributed by atoms with Gasteiger partial charge in [-0.3, -0.25) is 5.01 Å². The molecule has 5 nitrogen and oxygen atoms in total. The number of benzene rings is 2. The molecule has 0 saturated carbocycles. The van der Waals surface area contributed by atoms with Gasteiger partial charge in [-0.1, -0.05) is 35.9 Å². The molecule has 0 fully saturated rings. The van der Waals surface area contributed by atoms with Gasteiger partial charge in [-0.25, -0.2) is 4.79 Å². The highest BCUT2D eigenvalue weighted by Gasteiger charge is 2.43. The Morgan fingerprint density at radius 3 is 2.76 bits per heavy atom. The van der Waals surface area contributed by atoms with Crippen molar-refractivity contribution in [1.29, 1.82) is 5.26 Å². The van der Waals surface area contributed by atoms with Crippen LogP contribution in [0.15, 0.2) is 65.3 Å². The third kappa shape index (κ3) is 2.76. The van der Waals surface area contributed by atoms with Crippen LogP contribution in [0, 0.1) is 17.2 Å². The molecule has 1 heterocycles. The molecular formula is C23H16ClN3O2. The van der Waals surface area contributed by atoms with Gasteiger partial charge in [0.05, 0.1) is 33.6 Å². The van der Waals surface area contributed by atoms with Crippen LogP contribution in [0.5, 0.6) is 0 Å². The van der Waals surface area contributed by atoms with Crippen LogP contribution in [0.25, 0.3) is 0 Å². The van der Waals surface area contributed by atoms with Crippen LogP contribution in [0.1, 0.15) is 33.5 Å². The summed E-state index contributed by atoms with van der Waals surface area (Å²) in [7, 11) is 0. The summed E-state index contributed by atoms with van der Waals surface area (Å²) in [6.07, 6.45) is 7.93. The SMILES string of the molecule is N#Cc1ccc(N2N=C3c4ccc(C(=O)O)cc4CCC3C2C2=CC=C2)cc1Cl. The monoisotopic (exact) mass is 401 g/mol. The Kier molecular flexibility index (Phi) is 4.04. The predicted molar refractivity (Wildman–Crippen MR) is 111 cm³/mol. The fraction of sp³-hybridized carbons (Fsp3) is 0.174. The smallest absolute Gasteiger partial charge is 0.335 e. The summed E-state index contributed by atoms with van der Waals surface area (Å²) in [6.45, 7) is 0. The van der Waals surface area contributed by atoms with Gasteiger partial charge < -0.3 is 5.11 Å². The van der Waals surface area contributed by atoms with Crippen molar-refractivity contribution in [2.45, 2.75) is 18.9 Å². The highest BCUT2D eigenvalue weighted by Crippen LogP contribution is 2.42. The van der Waals surface area contributed by atoms with Crippen molar-refractivity contribution in [2.75, 3.05) is 5.01 Å². The van der Waals surface area contributed by atoms with Crippen molar-refractivity contribution in [3.63, 3.8) is 0 Å². The number of fused-ring (bicyclic) bond motifs is 3. The van der Waals surface area contributed by atoms with E-state index in [0.717, 1.165) is 35.4 Å². The molecule has 0 amide bonds. The second kappa shape index (κ2) is 6.61. The second-order valence-electron chi connectivity index (χ2n) is 7.40. The Morgan fingerprint density at radius 1 is 1.28 bits per heavy atom. The van der Waals surface area contributed by atoms with Crippen LogP contribution in [-0.2, 0) is 6.42 Å². The number of hydrazone groups is 1. The van der Waals surface area contributed by atoms with Crippen LogP contribution in [-0.4, -0.2) is 22.8 Å². The number of hydrogen-bond acceptors (Lipinski definition) is 4. The number of hydrogen-bond donors (Lipinski definition) is 1. The van der Waals surface area contributed by atoms with Crippen molar-refractivity contribution < 1.29 is 9.90 Å². The molecule has 0 saturated heterocycles. The summed E-state index contributed by atoms with van der Waals surface area (Å²) in [5.41, 5.74) is 5.81. The topological polar surface area (TPSA) is 76.7 Å². The largest absolute Gasteiger partial charge is 0.478 e. The summed E-state index contributed by atoms with van der Waals surface area (Å²) < 4.78 is 0. The van der Waals surface area contributed by atoms with Crippen LogP contribution in [0.4, 0.5) is 5.69 Å². The van der Waals surface area contributed by atoms with Gasteiger partial charge in [0.1, 0.15) is 6.07 Å². The van der Waals surface area contributed by atoms with Gasteiger partial charge in [0.2, 0.25) is 0 Å². The molecule has 0 bridgehead atoms. The van der Waals surface area contributed by atoms with E-state index in [-0.39, 0.29) is 12.0 Å². The quantitative estimate of drug-likeness (QED) is 0.817. The lowest BCUT2D eigenvalue weighted by Gasteiger charge is -2.32. The van der Waals surface area contributed by atoms with Gasteiger partial charge in [-0.15, -0.1) is 0 Å². The third-order valence-electron chi connectivity index (χ3n) is 5.82. The lowest BCUT2D eigenvalue weighted by atomic mass is 9.75. The molecule has 3 aliphatic rings. The third-order valence-corrected chi connectivity index (χ3v) is 6.13. The Labute approximate surface area is 172 Å². The molecule has 2 aliphatic carbocycles. The van der Waals surface area contributed by atoms with Crippen molar-refractivity contribution >= 4 is 29.0 Å².